The maximum Gasteiger partial charge on any atom is 0.0540 e. The van der Waals surface area contributed by atoms with E-state index in [0.29, 0.717) is 0 Å². The van der Waals surface area contributed by atoms with Crippen molar-refractivity contribution in [1.82, 2.24) is 0 Å². The van der Waals surface area contributed by atoms with Crippen molar-refractivity contribution in [3.05, 3.63) is 188 Å². The lowest BCUT2D eigenvalue weighted by Gasteiger charge is -2.27. The van der Waals surface area contributed by atoms with E-state index in [-0.39, 0.29) is 0 Å². The van der Waals surface area contributed by atoms with Crippen LogP contribution in [0.2, 0.25) is 0 Å². The Labute approximate surface area is 274 Å². The van der Waals surface area contributed by atoms with Crippen LogP contribution < -0.4 is 4.90 Å². The normalized spacial score (nSPS) is 11.4. The van der Waals surface area contributed by atoms with E-state index < -0.39 is 0 Å². The molecule has 220 valence electrons. The van der Waals surface area contributed by atoms with Gasteiger partial charge in [-0.3, -0.25) is 0 Å². The molecule has 47 heavy (non-hydrogen) atoms. The van der Waals surface area contributed by atoms with Gasteiger partial charge in [0.25, 0.3) is 0 Å². The molecule has 0 N–H and O–H groups in total. The van der Waals surface area contributed by atoms with E-state index in [9.17, 15) is 0 Å². The quantitative estimate of drug-likeness (QED) is 0.191. The van der Waals surface area contributed by atoms with Crippen molar-refractivity contribution in [2.24, 2.45) is 0 Å². The van der Waals surface area contributed by atoms with Gasteiger partial charge >= 0.3 is 0 Å². The minimum atomic E-state index is 1.12. The first-order chi connectivity index (χ1) is 23.3. The topological polar surface area (TPSA) is 3.24 Å². The van der Waals surface area contributed by atoms with Crippen LogP contribution in [0.15, 0.2) is 188 Å². The van der Waals surface area contributed by atoms with E-state index in [1.54, 1.807) is 0 Å². The standard InChI is InChI=1S/C46H31N/c1-3-12-37-29-40(22-19-32(37)9-1)43-17-7-14-36-20-21-39(31-45(36)43)34-23-26-41(27-24-34)47(42-28-25-33-10-2-4-13-38(33)30-42)46-18-8-15-35-11-5-6-16-44(35)46/h1-31H. The van der Waals surface area contributed by atoms with Crippen molar-refractivity contribution in [2.75, 3.05) is 4.90 Å². The summed E-state index contributed by atoms with van der Waals surface area (Å²) in [6.07, 6.45) is 0. The zero-order valence-electron chi connectivity index (χ0n) is 25.8. The summed E-state index contributed by atoms with van der Waals surface area (Å²) >= 11 is 0. The zero-order valence-corrected chi connectivity index (χ0v) is 25.8. The van der Waals surface area contributed by atoms with Crippen LogP contribution in [0.4, 0.5) is 17.1 Å². The number of benzene rings is 9. The van der Waals surface area contributed by atoms with E-state index in [4.69, 9.17) is 0 Å². The Hall–Kier alpha value is -6.18. The van der Waals surface area contributed by atoms with Gasteiger partial charge in [-0.1, -0.05) is 146 Å². The summed E-state index contributed by atoms with van der Waals surface area (Å²) in [6, 6.07) is 68.3. The number of fused-ring (bicyclic) bond motifs is 4. The monoisotopic (exact) mass is 597 g/mol. The van der Waals surface area contributed by atoms with Gasteiger partial charge in [-0.25, -0.2) is 0 Å². The highest BCUT2D eigenvalue weighted by atomic mass is 15.1. The molecule has 9 aromatic rings. The molecule has 1 heteroatoms. The van der Waals surface area contributed by atoms with Crippen LogP contribution in [0.5, 0.6) is 0 Å². The molecule has 0 bridgehead atoms. The van der Waals surface area contributed by atoms with Gasteiger partial charge in [0.05, 0.1) is 5.69 Å². The lowest BCUT2D eigenvalue weighted by atomic mass is 9.93. The lowest BCUT2D eigenvalue weighted by molar-refractivity contribution is 1.30. The van der Waals surface area contributed by atoms with Gasteiger partial charge in [-0.2, -0.15) is 0 Å². The molecule has 9 aromatic carbocycles. The molecule has 0 aliphatic carbocycles. The van der Waals surface area contributed by atoms with E-state index >= 15 is 0 Å². The molecule has 0 aliphatic heterocycles. The van der Waals surface area contributed by atoms with Crippen LogP contribution in [-0.4, -0.2) is 0 Å². The Morgan fingerprint density at radius 2 is 0.809 bits per heavy atom. The fourth-order valence-corrected chi connectivity index (χ4v) is 7.01. The molecule has 0 aromatic heterocycles. The van der Waals surface area contributed by atoms with Gasteiger partial charge in [-0.05, 0) is 102 Å². The fourth-order valence-electron chi connectivity index (χ4n) is 7.01. The average molecular weight is 598 g/mol. The Morgan fingerprint density at radius 3 is 1.60 bits per heavy atom. The predicted octanol–water partition coefficient (Wildman–Crippen LogP) is 13.1. The van der Waals surface area contributed by atoms with Crippen LogP contribution in [0, 0.1) is 0 Å². The van der Waals surface area contributed by atoms with Crippen molar-refractivity contribution < 1.29 is 0 Å². The molecule has 0 aliphatic rings. The van der Waals surface area contributed by atoms with Crippen molar-refractivity contribution in [3.63, 3.8) is 0 Å². The Balaban J connectivity index is 1.15. The molecule has 0 saturated heterocycles. The third-order valence-corrected chi connectivity index (χ3v) is 9.40. The Kier molecular flexibility index (Phi) is 6.54. The third kappa shape index (κ3) is 4.90. The molecular formula is C46H31N. The van der Waals surface area contributed by atoms with E-state index in [2.05, 4.69) is 193 Å². The number of hydrogen-bond donors (Lipinski definition) is 0. The number of rotatable bonds is 5. The molecule has 0 spiro atoms. The second-order valence-corrected chi connectivity index (χ2v) is 12.2. The Morgan fingerprint density at radius 1 is 0.277 bits per heavy atom. The van der Waals surface area contributed by atoms with Crippen LogP contribution in [-0.2, 0) is 0 Å². The number of hydrogen-bond acceptors (Lipinski definition) is 1. The van der Waals surface area contributed by atoms with Crippen molar-refractivity contribution >= 4 is 60.2 Å². The second kappa shape index (κ2) is 11.3. The summed E-state index contributed by atoms with van der Waals surface area (Å²) < 4.78 is 0. The van der Waals surface area contributed by atoms with Gasteiger partial charge in [0.1, 0.15) is 0 Å². The van der Waals surface area contributed by atoms with Crippen molar-refractivity contribution in [1.29, 1.82) is 0 Å². The van der Waals surface area contributed by atoms with Crippen LogP contribution in [0.1, 0.15) is 0 Å². The summed E-state index contributed by atoms with van der Waals surface area (Å²) in [6.45, 7) is 0. The molecule has 9 rings (SSSR count). The van der Waals surface area contributed by atoms with Gasteiger partial charge in [0.15, 0.2) is 0 Å². The predicted molar refractivity (Wildman–Crippen MR) is 202 cm³/mol. The molecule has 0 unspecified atom stereocenters. The van der Waals surface area contributed by atoms with Crippen molar-refractivity contribution in [2.45, 2.75) is 0 Å². The minimum Gasteiger partial charge on any atom is -0.310 e. The van der Waals surface area contributed by atoms with E-state index in [1.165, 1.54) is 65.3 Å². The number of anilines is 3. The summed E-state index contributed by atoms with van der Waals surface area (Å²) in [7, 11) is 0. The SMILES string of the molecule is c1ccc2cc(-c3cccc4ccc(-c5ccc(N(c6ccc7ccccc7c6)c6cccc7ccccc67)cc5)cc34)ccc2c1. The lowest BCUT2D eigenvalue weighted by Crippen LogP contribution is -2.10. The summed E-state index contributed by atoms with van der Waals surface area (Å²) in [5, 5.41) is 9.95. The maximum atomic E-state index is 2.39. The minimum absolute atomic E-state index is 1.12. The third-order valence-electron chi connectivity index (χ3n) is 9.40. The summed E-state index contributed by atoms with van der Waals surface area (Å²) in [5.41, 5.74) is 8.32. The molecule has 0 fully saturated rings. The molecule has 0 atom stereocenters. The summed E-state index contributed by atoms with van der Waals surface area (Å²) in [4.78, 5) is 2.39. The maximum absolute atomic E-state index is 2.39. The molecular weight excluding hydrogens is 567 g/mol. The van der Waals surface area contributed by atoms with Gasteiger partial charge in [-0.15, -0.1) is 0 Å². The first kappa shape index (κ1) is 27.2. The fraction of sp³-hybridized carbons (Fsp3) is 0. The summed E-state index contributed by atoms with van der Waals surface area (Å²) in [5.74, 6) is 0. The number of nitrogens with zero attached hydrogens (tertiary/aromatic N) is 1. The van der Waals surface area contributed by atoms with Crippen LogP contribution >= 0.6 is 0 Å². The zero-order chi connectivity index (χ0) is 31.2. The van der Waals surface area contributed by atoms with E-state index in [0.717, 1.165) is 17.1 Å². The highest BCUT2D eigenvalue weighted by molar-refractivity contribution is 6.02. The first-order valence-corrected chi connectivity index (χ1v) is 16.2. The van der Waals surface area contributed by atoms with Gasteiger partial charge in [0.2, 0.25) is 0 Å². The molecule has 0 saturated carbocycles. The van der Waals surface area contributed by atoms with Gasteiger partial charge in [0, 0.05) is 16.8 Å². The molecule has 0 radical (unpaired) electrons. The smallest absolute Gasteiger partial charge is 0.0540 e. The van der Waals surface area contributed by atoms with E-state index in [1.807, 2.05) is 0 Å². The average Bonchev–Trinajstić information content (AvgIpc) is 3.14. The second-order valence-electron chi connectivity index (χ2n) is 12.2. The highest BCUT2D eigenvalue weighted by Gasteiger charge is 2.16. The van der Waals surface area contributed by atoms with Gasteiger partial charge < -0.3 is 4.90 Å². The molecule has 0 heterocycles. The van der Waals surface area contributed by atoms with Crippen molar-refractivity contribution in [3.8, 4) is 22.3 Å². The molecule has 0 amide bonds. The molecule has 1 nitrogen and oxygen atoms in total. The van der Waals surface area contributed by atoms with Crippen LogP contribution in [0.25, 0.3) is 65.3 Å². The largest absolute Gasteiger partial charge is 0.310 e. The van der Waals surface area contributed by atoms with Crippen LogP contribution in [0.3, 0.4) is 0 Å². The highest BCUT2D eigenvalue weighted by Crippen LogP contribution is 2.41. The Bertz CT molecular complexity index is 2570. The first-order valence-electron chi connectivity index (χ1n) is 16.2.